The topological polar surface area (TPSA) is 116 Å². The van der Waals surface area contributed by atoms with E-state index in [4.69, 9.17) is 21.3 Å². The van der Waals surface area contributed by atoms with Crippen molar-refractivity contribution in [2.75, 3.05) is 13.2 Å². The summed E-state index contributed by atoms with van der Waals surface area (Å²) in [6.45, 7) is 1.92. The average Bonchev–Trinajstić information content (AvgIpc) is 2.17. The normalized spacial score (nSPS) is 14.2. The number of carbonyl (C=O) groups excluding carboxylic acids is 2. The molecule has 0 aromatic heterocycles. The summed E-state index contributed by atoms with van der Waals surface area (Å²) in [5.74, 6) is -1.38. The Morgan fingerprint density at radius 2 is 2.06 bits per heavy atom. The summed E-state index contributed by atoms with van der Waals surface area (Å²) in [4.78, 5) is 22.4. The Balaban J connectivity index is 4.37. The molecule has 0 rings (SSSR count). The molecule has 0 bridgehead atoms. The number of nitrogens with two attached hydrogens (primary N) is 2. The quantitative estimate of drug-likeness (QED) is 0.377. The van der Waals surface area contributed by atoms with Gasteiger partial charge >= 0.3 is 5.97 Å². The number of unbranched alkanes of at least 4 members (excludes halogenated alkanes) is 1. The molecule has 6 heteroatoms. The lowest BCUT2D eigenvalue weighted by Crippen LogP contribution is -2.52. The van der Waals surface area contributed by atoms with E-state index in [9.17, 15) is 9.59 Å². The standard InChI is InChI=1S/C10H20N2O4/c1-2-3-6-16-9(15)10(12,4-5-13)7-8(11)14/h13H,2-7,12H2,1H3,(H2,11,14). The predicted octanol–water partition coefficient (Wildman–Crippen LogP) is -0.715. The molecule has 94 valence electrons. The third-order valence-corrected chi connectivity index (χ3v) is 2.19. The summed E-state index contributed by atoms with van der Waals surface area (Å²) in [6.07, 6.45) is 1.26. The number of ether oxygens (including phenoxy) is 1. The molecule has 0 radical (unpaired) electrons. The highest BCUT2D eigenvalue weighted by Gasteiger charge is 2.36. The number of hydrogen-bond acceptors (Lipinski definition) is 5. The number of carbonyl (C=O) groups is 2. The monoisotopic (exact) mass is 232 g/mol. The molecule has 0 aliphatic heterocycles. The van der Waals surface area contributed by atoms with Crippen LogP contribution in [0.25, 0.3) is 0 Å². The Bertz CT molecular complexity index is 245. The van der Waals surface area contributed by atoms with Gasteiger partial charge < -0.3 is 21.3 Å². The fourth-order valence-corrected chi connectivity index (χ4v) is 1.23. The van der Waals surface area contributed by atoms with Gasteiger partial charge in [0.1, 0.15) is 5.54 Å². The van der Waals surface area contributed by atoms with Crippen molar-refractivity contribution in [1.29, 1.82) is 0 Å². The van der Waals surface area contributed by atoms with Crippen LogP contribution in [-0.2, 0) is 14.3 Å². The predicted molar refractivity (Wildman–Crippen MR) is 58.3 cm³/mol. The maximum Gasteiger partial charge on any atom is 0.326 e. The molecule has 0 aliphatic carbocycles. The summed E-state index contributed by atoms with van der Waals surface area (Å²) in [5, 5.41) is 8.80. The lowest BCUT2D eigenvalue weighted by Gasteiger charge is -2.24. The van der Waals surface area contributed by atoms with E-state index in [1.54, 1.807) is 0 Å². The van der Waals surface area contributed by atoms with E-state index in [1.165, 1.54) is 0 Å². The number of aliphatic hydroxyl groups is 1. The van der Waals surface area contributed by atoms with E-state index in [0.29, 0.717) is 0 Å². The molecule has 16 heavy (non-hydrogen) atoms. The first-order chi connectivity index (χ1) is 7.46. The van der Waals surface area contributed by atoms with Crippen LogP contribution < -0.4 is 11.5 Å². The molecule has 0 aromatic carbocycles. The second-order valence-corrected chi connectivity index (χ2v) is 3.76. The highest BCUT2D eigenvalue weighted by atomic mass is 16.5. The highest BCUT2D eigenvalue weighted by molar-refractivity contribution is 5.88. The van der Waals surface area contributed by atoms with Crippen molar-refractivity contribution in [2.45, 2.75) is 38.1 Å². The lowest BCUT2D eigenvalue weighted by molar-refractivity contribution is -0.152. The molecule has 0 fully saturated rings. The Hall–Kier alpha value is -1.14. The smallest absolute Gasteiger partial charge is 0.326 e. The van der Waals surface area contributed by atoms with Gasteiger partial charge in [-0.25, -0.2) is 0 Å². The van der Waals surface area contributed by atoms with E-state index < -0.39 is 17.4 Å². The van der Waals surface area contributed by atoms with E-state index >= 15 is 0 Å². The first-order valence-corrected chi connectivity index (χ1v) is 5.31. The molecule has 0 aromatic rings. The fraction of sp³-hybridized carbons (Fsp3) is 0.800. The third kappa shape index (κ3) is 5.09. The minimum atomic E-state index is -1.51. The van der Waals surface area contributed by atoms with Gasteiger partial charge in [-0.2, -0.15) is 0 Å². The molecular weight excluding hydrogens is 212 g/mol. The summed E-state index contributed by atoms with van der Waals surface area (Å²) in [7, 11) is 0. The third-order valence-electron chi connectivity index (χ3n) is 2.19. The molecular formula is C10H20N2O4. The zero-order chi connectivity index (χ0) is 12.6. The second-order valence-electron chi connectivity index (χ2n) is 3.76. The van der Waals surface area contributed by atoms with E-state index in [1.807, 2.05) is 6.92 Å². The van der Waals surface area contributed by atoms with Gasteiger partial charge in [0.2, 0.25) is 5.91 Å². The van der Waals surface area contributed by atoms with Crippen molar-refractivity contribution in [3.63, 3.8) is 0 Å². The zero-order valence-corrected chi connectivity index (χ0v) is 9.57. The molecule has 1 unspecified atom stereocenters. The number of aliphatic hydroxyl groups excluding tert-OH is 1. The van der Waals surface area contributed by atoms with Crippen LogP contribution in [0.1, 0.15) is 32.6 Å². The van der Waals surface area contributed by atoms with Gasteiger partial charge in [0.25, 0.3) is 0 Å². The minimum Gasteiger partial charge on any atom is -0.464 e. The van der Waals surface area contributed by atoms with Crippen LogP contribution in [0.4, 0.5) is 0 Å². The molecule has 0 spiro atoms. The number of amides is 1. The van der Waals surface area contributed by atoms with Gasteiger partial charge in [-0.15, -0.1) is 0 Å². The molecule has 6 nitrogen and oxygen atoms in total. The molecule has 5 N–H and O–H groups in total. The van der Waals surface area contributed by atoms with Crippen molar-refractivity contribution in [2.24, 2.45) is 11.5 Å². The van der Waals surface area contributed by atoms with Crippen LogP contribution in [0.3, 0.4) is 0 Å². The van der Waals surface area contributed by atoms with Crippen molar-refractivity contribution >= 4 is 11.9 Å². The van der Waals surface area contributed by atoms with Crippen LogP contribution >= 0.6 is 0 Å². The maximum atomic E-state index is 11.6. The number of esters is 1. The van der Waals surface area contributed by atoms with Gasteiger partial charge in [0.15, 0.2) is 0 Å². The fourth-order valence-electron chi connectivity index (χ4n) is 1.23. The Labute approximate surface area is 94.9 Å². The lowest BCUT2D eigenvalue weighted by atomic mass is 9.92. The molecule has 0 heterocycles. The van der Waals surface area contributed by atoms with Crippen molar-refractivity contribution < 1.29 is 19.4 Å². The Morgan fingerprint density at radius 1 is 1.44 bits per heavy atom. The molecule has 1 atom stereocenters. The van der Waals surface area contributed by atoms with Crippen molar-refractivity contribution in [1.82, 2.24) is 0 Å². The van der Waals surface area contributed by atoms with Crippen molar-refractivity contribution in [3.05, 3.63) is 0 Å². The maximum absolute atomic E-state index is 11.6. The summed E-state index contributed by atoms with van der Waals surface area (Å²) in [5.41, 5.74) is 9.19. The first kappa shape index (κ1) is 14.9. The van der Waals surface area contributed by atoms with Gasteiger partial charge in [-0.3, -0.25) is 9.59 Å². The van der Waals surface area contributed by atoms with Crippen LogP contribution in [0.2, 0.25) is 0 Å². The van der Waals surface area contributed by atoms with Gasteiger partial charge in [-0.05, 0) is 12.8 Å². The first-order valence-electron chi connectivity index (χ1n) is 5.31. The molecule has 1 amide bonds. The van der Waals surface area contributed by atoms with E-state index in [-0.39, 0.29) is 26.1 Å². The molecule has 0 saturated carbocycles. The van der Waals surface area contributed by atoms with Crippen LogP contribution in [-0.4, -0.2) is 35.7 Å². The number of hydrogen-bond donors (Lipinski definition) is 3. The summed E-state index contributed by atoms with van der Waals surface area (Å²) in [6, 6.07) is 0. The highest BCUT2D eigenvalue weighted by Crippen LogP contribution is 2.14. The zero-order valence-electron chi connectivity index (χ0n) is 9.57. The van der Waals surface area contributed by atoms with Gasteiger partial charge in [0.05, 0.1) is 13.0 Å². The average molecular weight is 232 g/mol. The number of primary amides is 1. The Morgan fingerprint density at radius 3 is 2.50 bits per heavy atom. The molecule has 0 saturated heterocycles. The SMILES string of the molecule is CCCCOC(=O)C(N)(CCO)CC(N)=O. The second kappa shape index (κ2) is 7.19. The van der Waals surface area contributed by atoms with Crippen LogP contribution in [0.15, 0.2) is 0 Å². The minimum absolute atomic E-state index is 0.0408. The van der Waals surface area contributed by atoms with Crippen molar-refractivity contribution in [3.8, 4) is 0 Å². The Kier molecular flexibility index (Phi) is 6.67. The summed E-state index contributed by atoms with van der Waals surface area (Å²) >= 11 is 0. The van der Waals surface area contributed by atoms with Crippen LogP contribution in [0.5, 0.6) is 0 Å². The molecule has 0 aliphatic rings. The van der Waals surface area contributed by atoms with E-state index in [0.717, 1.165) is 12.8 Å². The van der Waals surface area contributed by atoms with Gasteiger partial charge in [-0.1, -0.05) is 13.3 Å². The van der Waals surface area contributed by atoms with Crippen LogP contribution in [0, 0.1) is 0 Å². The van der Waals surface area contributed by atoms with Gasteiger partial charge in [0, 0.05) is 6.61 Å². The van der Waals surface area contributed by atoms with E-state index in [2.05, 4.69) is 0 Å². The number of rotatable bonds is 8. The largest absolute Gasteiger partial charge is 0.464 e. The summed E-state index contributed by atoms with van der Waals surface area (Å²) < 4.78 is 4.92.